The van der Waals surface area contributed by atoms with Gasteiger partial charge in [0.15, 0.2) is 6.10 Å². The number of carbonyl (C=O) groups is 2. The lowest BCUT2D eigenvalue weighted by Gasteiger charge is -2.25. The van der Waals surface area contributed by atoms with Crippen LogP contribution in [0, 0.1) is 0 Å². The Balaban J connectivity index is 1.65. The molecule has 1 heterocycles. The first-order valence-electron chi connectivity index (χ1n) is 8.41. The van der Waals surface area contributed by atoms with Crippen molar-refractivity contribution >= 4 is 23.6 Å². The topological polar surface area (TPSA) is 46.6 Å². The largest absolute Gasteiger partial charge is 0.449 e. The first-order valence-corrected chi connectivity index (χ1v) is 8.41. The van der Waals surface area contributed by atoms with Crippen molar-refractivity contribution in [3.8, 4) is 0 Å². The quantitative estimate of drug-likeness (QED) is 0.633. The molecule has 0 saturated heterocycles. The Morgan fingerprint density at radius 1 is 1.12 bits per heavy atom. The van der Waals surface area contributed by atoms with Crippen LogP contribution in [-0.2, 0) is 20.7 Å². The molecule has 2 aromatic carbocycles. The average Bonchev–Trinajstić information content (AvgIpc) is 2.96. The summed E-state index contributed by atoms with van der Waals surface area (Å²) in [6.07, 6.45) is 3.01. The number of para-hydroxylation sites is 1. The number of fused-ring (bicyclic) bond motifs is 1. The molecule has 0 fully saturated rings. The van der Waals surface area contributed by atoms with E-state index in [-0.39, 0.29) is 11.9 Å². The molecule has 1 aliphatic heterocycles. The van der Waals surface area contributed by atoms with Gasteiger partial charge in [-0.15, -0.1) is 0 Å². The second kappa shape index (κ2) is 7.34. The highest BCUT2D eigenvalue weighted by molar-refractivity contribution is 6.00. The smallest absolute Gasteiger partial charge is 0.331 e. The van der Waals surface area contributed by atoms with E-state index in [9.17, 15) is 9.59 Å². The van der Waals surface area contributed by atoms with Crippen LogP contribution in [0.3, 0.4) is 0 Å². The van der Waals surface area contributed by atoms with Crippen LogP contribution in [0.25, 0.3) is 6.08 Å². The normalized spacial score (nSPS) is 17.4. The second-order valence-corrected chi connectivity index (χ2v) is 6.21. The van der Waals surface area contributed by atoms with Crippen LogP contribution >= 0.6 is 0 Å². The van der Waals surface area contributed by atoms with E-state index in [1.54, 1.807) is 17.9 Å². The van der Waals surface area contributed by atoms with E-state index in [1.807, 2.05) is 61.5 Å². The van der Waals surface area contributed by atoms with Gasteiger partial charge in [-0.05, 0) is 43.5 Å². The summed E-state index contributed by atoms with van der Waals surface area (Å²) in [4.78, 5) is 26.5. The SMILES string of the molecule is C[C@@H]1Cc2ccccc2N1C(=O)[C@@H](C)OC(=O)/C=C/c1ccccc1. The van der Waals surface area contributed by atoms with Crippen LogP contribution in [-0.4, -0.2) is 24.0 Å². The van der Waals surface area contributed by atoms with Crippen LogP contribution in [0.2, 0.25) is 0 Å². The molecule has 0 N–H and O–H groups in total. The fraction of sp³-hybridized carbons (Fsp3) is 0.238. The monoisotopic (exact) mass is 335 g/mol. The maximum Gasteiger partial charge on any atom is 0.331 e. The summed E-state index contributed by atoms with van der Waals surface area (Å²) in [5, 5.41) is 0. The number of amides is 1. The van der Waals surface area contributed by atoms with Crippen molar-refractivity contribution in [3.05, 3.63) is 71.8 Å². The zero-order valence-corrected chi connectivity index (χ0v) is 14.4. The molecule has 2 aromatic rings. The van der Waals surface area contributed by atoms with Gasteiger partial charge in [0.05, 0.1) is 0 Å². The third kappa shape index (κ3) is 3.79. The van der Waals surface area contributed by atoms with Gasteiger partial charge in [-0.2, -0.15) is 0 Å². The summed E-state index contributed by atoms with van der Waals surface area (Å²) in [7, 11) is 0. The molecule has 0 spiro atoms. The molecule has 4 heteroatoms. The number of hydrogen-bond donors (Lipinski definition) is 0. The summed E-state index contributed by atoms with van der Waals surface area (Å²) in [5.74, 6) is -0.719. The van der Waals surface area contributed by atoms with Crippen molar-refractivity contribution in [2.24, 2.45) is 0 Å². The minimum Gasteiger partial charge on any atom is -0.449 e. The van der Waals surface area contributed by atoms with Gasteiger partial charge in [0, 0.05) is 17.8 Å². The van der Waals surface area contributed by atoms with E-state index in [0.29, 0.717) is 0 Å². The highest BCUT2D eigenvalue weighted by atomic mass is 16.5. The Labute approximate surface area is 147 Å². The summed E-state index contributed by atoms with van der Waals surface area (Å²) in [5.41, 5.74) is 2.95. The summed E-state index contributed by atoms with van der Waals surface area (Å²) >= 11 is 0. The van der Waals surface area contributed by atoms with E-state index in [1.165, 1.54) is 6.08 Å². The predicted molar refractivity (Wildman–Crippen MR) is 98.1 cm³/mol. The molecule has 0 saturated carbocycles. The van der Waals surface area contributed by atoms with Crippen molar-refractivity contribution < 1.29 is 14.3 Å². The first-order chi connectivity index (χ1) is 12.1. The van der Waals surface area contributed by atoms with Crippen molar-refractivity contribution in [2.75, 3.05) is 4.90 Å². The van der Waals surface area contributed by atoms with Gasteiger partial charge in [0.25, 0.3) is 5.91 Å². The van der Waals surface area contributed by atoms with Gasteiger partial charge in [-0.3, -0.25) is 4.79 Å². The number of anilines is 1. The van der Waals surface area contributed by atoms with E-state index < -0.39 is 12.1 Å². The zero-order valence-electron chi connectivity index (χ0n) is 14.4. The Hall–Kier alpha value is -2.88. The Morgan fingerprint density at radius 2 is 1.80 bits per heavy atom. The Bertz CT molecular complexity index is 798. The number of nitrogens with zero attached hydrogens (tertiary/aromatic N) is 1. The minimum absolute atomic E-state index is 0.0610. The van der Waals surface area contributed by atoms with E-state index in [0.717, 1.165) is 23.2 Å². The van der Waals surface area contributed by atoms with Crippen LogP contribution in [0.5, 0.6) is 0 Å². The number of hydrogen-bond acceptors (Lipinski definition) is 3. The van der Waals surface area contributed by atoms with Gasteiger partial charge in [-0.25, -0.2) is 4.79 Å². The number of ether oxygens (including phenoxy) is 1. The Kier molecular flexibility index (Phi) is 4.98. The highest BCUT2D eigenvalue weighted by Gasteiger charge is 2.34. The third-order valence-corrected chi connectivity index (χ3v) is 4.30. The summed E-state index contributed by atoms with van der Waals surface area (Å²) in [6, 6.07) is 17.4. The predicted octanol–water partition coefficient (Wildman–Crippen LogP) is 3.61. The van der Waals surface area contributed by atoms with Gasteiger partial charge in [0.1, 0.15) is 0 Å². The van der Waals surface area contributed by atoms with Gasteiger partial charge < -0.3 is 9.64 Å². The molecule has 0 bridgehead atoms. The van der Waals surface area contributed by atoms with E-state index in [2.05, 4.69) is 0 Å². The molecule has 0 aliphatic carbocycles. The molecule has 2 atom stereocenters. The molecular weight excluding hydrogens is 314 g/mol. The lowest BCUT2D eigenvalue weighted by atomic mass is 10.1. The molecule has 4 nitrogen and oxygen atoms in total. The van der Waals surface area contributed by atoms with Crippen LogP contribution < -0.4 is 4.90 Å². The summed E-state index contributed by atoms with van der Waals surface area (Å²) in [6.45, 7) is 3.62. The number of benzene rings is 2. The maximum atomic E-state index is 12.8. The number of rotatable bonds is 4. The van der Waals surface area contributed by atoms with Crippen molar-refractivity contribution in [2.45, 2.75) is 32.4 Å². The van der Waals surface area contributed by atoms with Crippen LogP contribution in [0.1, 0.15) is 25.0 Å². The van der Waals surface area contributed by atoms with Crippen molar-refractivity contribution in [1.29, 1.82) is 0 Å². The van der Waals surface area contributed by atoms with Gasteiger partial charge in [0.2, 0.25) is 0 Å². The molecule has 0 radical (unpaired) electrons. The van der Waals surface area contributed by atoms with Gasteiger partial charge in [-0.1, -0.05) is 48.5 Å². The molecular formula is C21H21NO3. The Morgan fingerprint density at radius 3 is 2.56 bits per heavy atom. The third-order valence-electron chi connectivity index (χ3n) is 4.30. The lowest BCUT2D eigenvalue weighted by Crippen LogP contribution is -2.43. The molecule has 1 aliphatic rings. The standard InChI is InChI=1S/C21H21NO3/c1-15-14-18-10-6-7-11-19(18)22(15)21(24)16(2)25-20(23)13-12-17-8-4-3-5-9-17/h3-13,15-16H,14H2,1-2H3/b13-12+/t15-,16-/m1/s1. The van der Waals surface area contributed by atoms with Crippen LogP contribution in [0.4, 0.5) is 5.69 Å². The first kappa shape index (κ1) is 17.0. The molecule has 0 unspecified atom stereocenters. The molecule has 25 heavy (non-hydrogen) atoms. The zero-order chi connectivity index (χ0) is 17.8. The molecule has 1 amide bonds. The molecule has 0 aromatic heterocycles. The number of carbonyl (C=O) groups excluding carboxylic acids is 2. The second-order valence-electron chi connectivity index (χ2n) is 6.21. The number of esters is 1. The lowest BCUT2D eigenvalue weighted by molar-refractivity contribution is -0.149. The van der Waals surface area contributed by atoms with E-state index in [4.69, 9.17) is 4.74 Å². The highest BCUT2D eigenvalue weighted by Crippen LogP contribution is 2.32. The van der Waals surface area contributed by atoms with E-state index >= 15 is 0 Å². The average molecular weight is 335 g/mol. The maximum absolute atomic E-state index is 12.8. The van der Waals surface area contributed by atoms with Gasteiger partial charge >= 0.3 is 5.97 Å². The van der Waals surface area contributed by atoms with Crippen molar-refractivity contribution in [3.63, 3.8) is 0 Å². The summed E-state index contributed by atoms with van der Waals surface area (Å²) < 4.78 is 5.29. The molecule has 3 rings (SSSR count). The fourth-order valence-corrected chi connectivity index (χ4v) is 3.09. The molecule has 128 valence electrons. The minimum atomic E-state index is -0.832. The van der Waals surface area contributed by atoms with Crippen LogP contribution in [0.15, 0.2) is 60.7 Å². The van der Waals surface area contributed by atoms with Crippen molar-refractivity contribution in [1.82, 2.24) is 0 Å². The fourth-order valence-electron chi connectivity index (χ4n) is 3.09.